The van der Waals surface area contributed by atoms with Crippen molar-refractivity contribution in [1.82, 2.24) is 9.97 Å². The van der Waals surface area contributed by atoms with Gasteiger partial charge in [0.1, 0.15) is 5.82 Å². The van der Waals surface area contributed by atoms with Gasteiger partial charge in [0.25, 0.3) is 0 Å². The van der Waals surface area contributed by atoms with Gasteiger partial charge in [-0.3, -0.25) is 4.79 Å². The molecule has 0 bridgehead atoms. The zero-order valence-corrected chi connectivity index (χ0v) is 10.7. The van der Waals surface area contributed by atoms with E-state index in [2.05, 4.69) is 9.97 Å². The predicted octanol–water partition coefficient (Wildman–Crippen LogP) is 0.757. The van der Waals surface area contributed by atoms with Crippen molar-refractivity contribution in [3.8, 4) is 0 Å². The van der Waals surface area contributed by atoms with Gasteiger partial charge in [-0.1, -0.05) is 0 Å². The number of nitrogens with zero attached hydrogens (tertiary/aromatic N) is 3. The maximum absolute atomic E-state index is 11.6. The molecule has 98 valence electrons. The van der Waals surface area contributed by atoms with Gasteiger partial charge in [0.15, 0.2) is 0 Å². The number of ether oxygens (including phenoxy) is 1. The number of hydrogen-bond donors (Lipinski definition) is 1. The molecule has 1 aromatic heterocycles. The van der Waals surface area contributed by atoms with Gasteiger partial charge < -0.3 is 15.4 Å². The van der Waals surface area contributed by atoms with E-state index >= 15 is 0 Å². The lowest BCUT2D eigenvalue weighted by atomic mass is 9.98. The molecule has 2 rings (SSSR count). The Morgan fingerprint density at radius 1 is 1.56 bits per heavy atom. The van der Waals surface area contributed by atoms with E-state index in [9.17, 15) is 4.79 Å². The molecule has 6 nitrogen and oxygen atoms in total. The summed E-state index contributed by atoms with van der Waals surface area (Å²) in [6.07, 6.45) is 1.78. The third-order valence-electron chi connectivity index (χ3n) is 3.10. The van der Waals surface area contributed by atoms with Gasteiger partial charge in [-0.25, -0.2) is 4.98 Å². The summed E-state index contributed by atoms with van der Waals surface area (Å²) in [7, 11) is 1.42. The minimum Gasteiger partial charge on any atom is -0.469 e. The molecule has 1 unspecified atom stereocenters. The third-order valence-corrected chi connectivity index (χ3v) is 3.10. The van der Waals surface area contributed by atoms with Gasteiger partial charge in [0, 0.05) is 24.8 Å². The van der Waals surface area contributed by atoms with E-state index < -0.39 is 0 Å². The van der Waals surface area contributed by atoms with E-state index in [4.69, 9.17) is 10.5 Å². The second kappa shape index (κ2) is 5.20. The molecule has 0 spiro atoms. The van der Waals surface area contributed by atoms with Crippen molar-refractivity contribution in [3.05, 3.63) is 11.8 Å². The molecule has 0 aromatic carbocycles. The van der Waals surface area contributed by atoms with Gasteiger partial charge >= 0.3 is 5.97 Å². The smallest absolute Gasteiger partial charge is 0.310 e. The molecule has 1 fully saturated rings. The van der Waals surface area contributed by atoms with Crippen molar-refractivity contribution >= 4 is 17.7 Å². The van der Waals surface area contributed by atoms with Crippen LogP contribution in [0.5, 0.6) is 0 Å². The summed E-state index contributed by atoms with van der Waals surface area (Å²) in [6, 6.07) is 1.73. The van der Waals surface area contributed by atoms with Crippen LogP contribution in [0.2, 0.25) is 0 Å². The molecular weight excluding hydrogens is 232 g/mol. The quantitative estimate of drug-likeness (QED) is 0.780. The van der Waals surface area contributed by atoms with Crippen LogP contribution >= 0.6 is 0 Å². The van der Waals surface area contributed by atoms with Crippen LogP contribution in [-0.2, 0) is 9.53 Å². The van der Waals surface area contributed by atoms with E-state index in [-0.39, 0.29) is 11.9 Å². The number of aryl methyl sites for hydroxylation is 1. The van der Waals surface area contributed by atoms with Crippen LogP contribution in [0.1, 0.15) is 18.5 Å². The second-order valence-corrected chi connectivity index (χ2v) is 4.54. The second-order valence-electron chi connectivity index (χ2n) is 4.54. The fourth-order valence-electron chi connectivity index (χ4n) is 2.24. The molecule has 0 saturated carbocycles. The average molecular weight is 250 g/mol. The molecule has 0 radical (unpaired) electrons. The summed E-state index contributed by atoms with van der Waals surface area (Å²) in [5, 5.41) is 0. The number of nitrogens with two attached hydrogens (primary N) is 1. The summed E-state index contributed by atoms with van der Waals surface area (Å²) >= 11 is 0. The molecule has 18 heavy (non-hydrogen) atoms. The van der Waals surface area contributed by atoms with Crippen LogP contribution in [-0.4, -0.2) is 36.1 Å². The number of piperidine rings is 1. The fourth-order valence-corrected chi connectivity index (χ4v) is 2.24. The minimum absolute atomic E-state index is 0.103. The molecule has 6 heteroatoms. The highest BCUT2D eigenvalue weighted by molar-refractivity contribution is 5.73. The van der Waals surface area contributed by atoms with Gasteiger partial charge in [0.2, 0.25) is 5.95 Å². The van der Waals surface area contributed by atoms with Crippen molar-refractivity contribution in [2.75, 3.05) is 30.8 Å². The predicted molar refractivity (Wildman–Crippen MR) is 68.1 cm³/mol. The Bertz CT molecular complexity index is 429. The highest BCUT2D eigenvalue weighted by atomic mass is 16.5. The zero-order valence-electron chi connectivity index (χ0n) is 10.7. The number of hydrogen-bond acceptors (Lipinski definition) is 6. The van der Waals surface area contributed by atoms with Crippen LogP contribution in [0.15, 0.2) is 6.07 Å². The van der Waals surface area contributed by atoms with Gasteiger partial charge in [-0.2, -0.15) is 4.98 Å². The third kappa shape index (κ3) is 2.69. The highest BCUT2D eigenvalue weighted by Crippen LogP contribution is 2.22. The fraction of sp³-hybridized carbons (Fsp3) is 0.583. The molecule has 0 amide bonds. The van der Waals surface area contributed by atoms with Crippen LogP contribution in [0.25, 0.3) is 0 Å². The van der Waals surface area contributed by atoms with Crippen molar-refractivity contribution in [1.29, 1.82) is 0 Å². The van der Waals surface area contributed by atoms with Crippen molar-refractivity contribution < 1.29 is 9.53 Å². The van der Waals surface area contributed by atoms with E-state index in [1.807, 2.05) is 11.8 Å². The highest BCUT2D eigenvalue weighted by Gasteiger charge is 2.27. The molecule has 1 saturated heterocycles. The first-order chi connectivity index (χ1) is 8.60. The monoisotopic (exact) mass is 250 g/mol. The van der Waals surface area contributed by atoms with E-state index in [1.165, 1.54) is 7.11 Å². The SMILES string of the molecule is COC(=O)C1CCCN(c2nc(C)cc(N)n2)C1. The summed E-state index contributed by atoms with van der Waals surface area (Å²) < 4.78 is 4.79. The van der Waals surface area contributed by atoms with E-state index in [0.29, 0.717) is 18.3 Å². The summed E-state index contributed by atoms with van der Waals surface area (Å²) in [4.78, 5) is 22.1. The summed E-state index contributed by atoms with van der Waals surface area (Å²) in [5.74, 6) is 0.785. The van der Waals surface area contributed by atoms with Crippen molar-refractivity contribution in [2.45, 2.75) is 19.8 Å². The normalized spacial score (nSPS) is 19.7. The van der Waals surface area contributed by atoms with E-state index in [0.717, 1.165) is 25.1 Å². The standard InChI is InChI=1S/C12H18N4O2/c1-8-6-10(13)15-12(14-8)16-5-3-4-9(7-16)11(17)18-2/h6,9H,3-5,7H2,1-2H3,(H2,13,14,15). The van der Waals surface area contributed by atoms with E-state index in [1.54, 1.807) is 6.07 Å². The largest absolute Gasteiger partial charge is 0.469 e. The summed E-state index contributed by atoms with van der Waals surface area (Å²) in [5.41, 5.74) is 6.55. The summed E-state index contributed by atoms with van der Waals surface area (Å²) in [6.45, 7) is 3.31. The van der Waals surface area contributed by atoms with Gasteiger partial charge in [0.05, 0.1) is 13.0 Å². The van der Waals surface area contributed by atoms with Gasteiger partial charge in [-0.05, 0) is 19.8 Å². The Morgan fingerprint density at radius 2 is 2.33 bits per heavy atom. The van der Waals surface area contributed by atoms with Crippen molar-refractivity contribution in [2.24, 2.45) is 5.92 Å². The molecule has 2 N–H and O–H groups in total. The number of carbonyl (C=O) groups is 1. The molecular formula is C12H18N4O2. The maximum atomic E-state index is 11.6. The number of anilines is 2. The molecule has 2 heterocycles. The molecule has 1 aliphatic heterocycles. The Labute approximate surface area is 106 Å². The molecule has 1 atom stereocenters. The Hall–Kier alpha value is -1.85. The number of esters is 1. The van der Waals surface area contributed by atoms with Crippen LogP contribution < -0.4 is 10.6 Å². The lowest BCUT2D eigenvalue weighted by Crippen LogP contribution is -2.40. The Balaban J connectivity index is 2.15. The number of methoxy groups -OCH3 is 1. The number of nitrogen functional groups attached to an aromatic ring is 1. The Morgan fingerprint density at radius 3 is 3.00 bits per heavy atom. The van der Waals surface area contributed by atoms with Crippen LogP contribution in [0.4, 0.5) is 11.8 Å². The molecule has 1 aliphatic rings. The topological polar surface area (TPSA) is 81.3 Å². The van der Waals surface area contributed by atoms with Crippen LogP contribution in [0.3, 0.4) is 0 Å². The Kier molecular flexibility index (Phi) is 3.64. The zero-order chi connectivity index (χ0) is 13.1. The molecule has 1 aromatic rings. The first-order valence-corrected chi connectivity index (χ1v) is 6.04. The van der Waals surface area contributed by atoms with Crippen molar-refractivity contribution in [3.63, 3.8) is 0 Å². The maximum Gasteiger partial charge on any atom is 0.310 e. The van der Waals surface area contributed by atoms with Crippen LogP contribution in [0, 0.1) is 12.8 Å². The van der Waals surface area contributed by atoms with Gasteiger partial charge in [-0.15, -0.1) is 0 Å². The first-order valence-electron chi connectivity index (χ1n) is 6.04. The minimum atomic E-state index is -0.166. The lowest BCUT2D eigenvalue weighted by molar-refractivity contribution is -0.145. The number of carbonyl (C=O) groups excluding carboxylic acids is 1. The number of rotatable bonds is 2. The molecule has 0 aliphatic carbocycles. The first kappa shape index (κ1) is 12.6. The lowest BCUT2D eigenvalue weighted by Gasteiger charge is -2.31. The average Bonchev–Trinajstić information content (AvgIpc) is 2.37. The number of aromatic nitrogens is 2.